The van der Waals surface area contributed by atoms with Gasteiger partial charge in [0.15, 0.2) is 0 Å². The maximum atomic E-state index is 11.2. The van der Waals surface area contributed by atoms with Crippen molar-refractivity contribution in [1.82, 2.24) is 10.0 Å². The van der Waals surface area contributed by atoms with Gasteiger partial charge in [0, 0.05) is 23.1 Å². The van der Waals surface area contributed by atoms with E-state index in [9.17, 15) is 13.2 Å². The molecule has 0 aliphatic rings. The second-order valence-corrected chi connectivity index (χ2v) is 8.08. The smallest absolute Gasteiger partial charge is 0.335 e. The van der Waals surface area contributed by atoms with Gasteiger partial charge in [-0.25, -0.2) is 17.9 Å². The fourth-order valence-electron chi connectivity index (χ4n) is 1.87. The molecule has 1 rings (SSSR count). The van der Waals surface area contributed by atoms with Gasteiger partial charge in [0.1, 0.15) is 0 Å². The summed E-state index contributed by atoms with van der Waals surface area (Å²) in [4.78, 5) is 10.8. The summed E-state index contributed by atoms with van der Waals surface area (Å²) in [5, 5.41) is 12.0. The molecule has 0 radical (unpaired) electrons. The molecular weight excluding hydrogens is 360 g/mol. The summed E-state index contributed by atoms with van der Waals surface area (Å²) in [6.45, 7) is 4.50. The van der Waals surface area contributed by atoms with E-state index in [2.05, 4.69) is 26.0 Å². The molecule has 0 saturated heterocycles. The lowest BCUT2D eigenvalue weighted by atomic mass is 10.1. The lowest BCUT2D eigenvalue weighted by Crippen LogP contribution is -2.49. The summed E-state index contributed by atoms with van der Waals surface area (Å²) in [6, 6.07) is 4.79. The summed E-state index contributed by atoms with van der Waals surface area (Å²) in [5.41, 5.74) is 0.501. The van der Waals surface area contributed by atoms with Crippen molar-refractivity contribution < 1.29 is 18.3 Å². The minimum Gasteiger partial charge on any atom is -0.478 e. The summed E-state index contributed by atoms with van der Waals surface area (Å²) in [6.07, 6.45) is 1.12. The monoisotopic (exact) mass is 378 g/mol. The van der Waals surface area contributed by atoms with E-state index in [1.54, 1.807) is 26.0 Å². The van der Waals surface area contributed by atoms with Crippen LogP contribution in [-0.4, -0.2) is 37.8 Å². The van der Waals surface area contributed by atoms with Gasteiger partial charge in [-0.2, -0.15) is 0 Å². The molecule has 6 nitrogen and oxygen atoms in total. The topological polar surface area (TPSA) is 95.5 Å². The van der Waals surface area contributed by atoms with Crippen LogP contribution in [0.25, 0.3) is 0 Å². The van der Waals surface area contributed by atoms with Crippen LogP contribution in [0.5, 0.6) is 0 Å². The summed E-state index contributed by atoms with van der Waals surface area (Å²) in [5.74, 6) is -0.978. The lowest BCUT2D eigenvalue weighted by Gasteiger charge is -2.25. The van der Waals surface area contributed by atoms with Crippen LogP contribution in [0.15, 0.2) is 22.7 Å². The van der Waals surface area contributed by atoms with Crippen LogP contribution in [0, 0.1) is 0 Å². The van der Waals surface area contributed by atoms with Crippen molar-refractivity contribution in [3.05, 3.63) is 33.8 Å². The fraction of sp³-hybridized carbons (Fsp3) is 0.462. The Balaban J connectivity index is 2.62. The molecule has 0 heterocycles. The van der Waals surface area contributed by atoms with E-state index in [-0.39, 0.29) is 5.56 Å². The molecule has 0 spiro atoms. The van der Waals surface area contributed by atoms with Gasteiger partial charge in [-0.15, -0.1) is 0 Å². The first kappa shape index (κ1) is 18.1. The number of aromatic carboxylic acids is 1. The molecule has 0 unspecified atom stereocenters. The quantitative estimate of drug-likeness (QED) is 0.669. The Morgan fingerprint density at radius 3 is 2.48 bits per heavy atom. The summed E-state index contributed by atoms with van der Waals surface area (Å²) >= 11 is 3.33. The number of carboxylic acid groups (broad SMARTS) is 1. The number of carboxylic acids is 1. The van der Waals surface area contributed by atoms with E-state index in [4.69, 9.17) is 5.11 Å². The number of rotatable bonds is 7. The van der Waals surface area contributed by atoms with Crippen molar-refractivity contribution in [2.24, 2.45) is 0 Å². The van der Waals surface area contributed by atoms with Gasteiger partial charge in [0.05, 0.1) is 11.8 Å². The van der Waals surface area contributed by atoms with Crippen molar-refractivity contribution in [3.63, 3.8) is 0 Å². The second-order valence-electron chi connectivity index (χ2n) is 5.47. The maximum absolute atomic E-state index is 11.2. The van der Waals surface area contributed by atoms with E-state index >= 15 is 0 Å². The fourth-order valence-corrected chi connectivity index (χ4v) is 3.47. The van der Waals surface area contributed by atoms with E-state index < -0.39 is 21.5 Å². The highest BCUT2D eigenvalue weighted by Crippen LogP contribution is 2.18. The second kappa shape index (κ2) is 6.87. The first-order valence-electron chi connectivity index (χ1n) is 6.21. The van der Waals surface area contributed by atoms with Crippen LogP contribution in [0.2, 0.25) is 0 Å². The molecule has 0 aliphatic heterocycles. The number of sulfonamides is 1. The highest BCUT2D eigenvalue weighted by molar-refractivity contribution is 9.10. The third kappa shape index (κ3) is 6.56. The molecule has 0 amide bonds. The highest BCUT2D eigenvalue weighted by atomic mass is 79.9. The normalized spacial score (nSPS) is 12.4. The molecule has 8 heteroatoms. The first-order chi connectivity index (χ1) is 9.50. The minimum absolute atomic E-state index is 0.213. The molecule has 21 heavy (non-hydrogen) atoms. The molecule has 118 valence electrons. The standard InChI is InChI=1S/C13H19BrN2O4S/c1-13(2,16-21(3,19)20)8-15-7-10-5-4-9(12(17)18)6-11(10)14/h4-6,15-16H,7-8H2,1-3H3,(H,17,18). The molecule has 3 N–H and O–H groups in total. The minimum atomic E-state index is -3.26. The molecule has 0 saturated carbocycles. The zero-order chi connectivity index (χ0) is 16.3. The van der Waals surface area contributed by atoms with Gasteiger partial charge in [-0.3, -0.25) is 0 Å². The molecule has 0 bridgehead atoms. The predicted molar refractivity (Wildman–Crippen MR) is 84.9 cm³/mol. The molecule has 1 aromatic rings. The molecule has 0 fully saturated rings. The van der Waals surface area contributed by atoms with Gasteiger partial charge in [-0.05, 0) is 31.5 Å². The van der Waals surface area contributed by atoms with Crippen molar-refractivity contribution in [2.75, 3.05) is 12.8 Å². The van der Waals surface area contributed by atoms with Crippen LogP contribution in [-0.2, 0) is 16.6 Å². The molecular formula is C13H19BrN2O4S. The molecule has 1 aromatic carbocycles. The number of hydrogen-bond donors (Lipinski definition) is 3. The zero-order valence-corrected chi connectivity index (χ0v) is 14.5. The molecule has 0 aromatic heterocycles. The van der Waals surface area contributed by atoms with Crippen molar-refractivity contribution >= 4 is 31.9 Å². The SMILES string of the molecule is CC(C)(CNCc1ccc(C(=O)O)cc1Br)NS(C)(=O)=O. The Kier molecular flexibility index (Phi) is 5.92. The van der Waals surface area contributed by atoms with Crippen LogP contribution >= 0.6 is 15.9 Å². The zero-order valence-electron chi connectivity index (χ0n) is 12.1. The van der Waals surface area contributed by atoms with Gasteiger partial charge in [0.2, 0.25) is 10.0 Å². The van der Waals surface area contributed by atoms with Crippen molar-refractivity contribution in [2.45, 2.75) is 25.9 Å². The number of carbonyl (C=O) groups is 1. The van der Waals surface area contributed by atoms with Gasteiger partial charge in [0.25, 0.3) is 0 Å². The molecule has 0 aliphatic carbocycles. The number of halogens is 1. The third-order valence-corrected chi connectivity index (χ3v) is 4.31. The van der Waals surface area contributed by atoms with Crippen LogP contribution in [0.3, 0.4) is 0 Å². The predicted octanol–water partition coefficient (Wildman–Crippen LogP) is 1.56. The van der Waals surface area contributed by atoms with Crippen LogP contribution in [0.4, 0.5) is 0 Å². The number of benzene rings is 1. The third-order valence-electron chi connectivity index (χ3n) is 2.64. The van der Waals surface area contributed by atoms with Crippen LogP contribution < -0.4 is 10.0 Å². The first-order valence-corrected chi connectivity index (χ1v) is 8.90. The highest BCUT2D eigenvalue weighted by Gasteiger charge is 2.21. The van der Waals surface area contributed by atoms with Crippen molar-refractivity contribution in [1.29, 1.82) is 0 Å². The average Bonchev–Trinajstić information content (AvgIpc) is 2.27. The Morgan fingerprint density at radius 2 is 2.00 bits per heavy atom. The Hall–Kier alpha value is -0.960. The van der Waals surface area contributed by atoms with Gasteiger partial charge >= 0.3 is 5.97 Å². The van der Waals surface area contributed by atoms with Crippen LogP contribution in [0.1, 0.15) is 29.8 Å². The molecule has 0 atom stereocenters. The van der Waals surface area contributed by atoms with Crippen molar-refractivity contribution in [3.8, 4) is 0 Å². The number of nitrogens with one attached hydrogen (secondary N) is 2. The summed E-state index contributed by atoms with van der Waals surface area (Å²) < 4.78 is 25.7. The Labute approximate surface area is 133 Å². The summed E-state index contributed by atoms with van der Waals surface area (Å²) in [7, 11) is -3.26. The maximum Gasteiger partial charge on any atom is 0.335 e. The van der Waals surface area contributed by atoms with E-state index in [0.29, 0.717) is 17.6 Å². The Bertz CT molecular complexity index is 629. The van der Waals surface area contributed by atoms with Gasteiger partial charge < -0.3 is 10.4 Å². The average molecular weight is 379 g/mol. The number of hydrogen-bond acceptors (Lipinski definition) is 4. The van der Waals surface area contributed by atoms with E-state index in [1.807, 2.05) is 0 Å². The van der Waals surface area contributed by atoms with Gasteiger partial charge in [-0.1, -0.05) is 22.0 Å². The van der Waals surface area contributed by atoms with E-state index in [1.165, 1.54) is 6.07 Å². The largest absolute Gasteiger partial charge is 0.478 e. The van der Waals surface area contributed by atoms with E-state index in [0.717, 1.165) is 11.8 Å². The lowest BCUT2D eigenvalue weighted by molar-refractivity contribution is 0.0696. The Morgan fingerprint density at radius 1 is 1.38 bits per heavy atom.